The number of carboxylic acid groups (broad SMARTS) is 2. The van der Waals surface area contributed by atoms with E-state index < -0.39 is 11.9 Å². The second kappa shape index (κ2) is 11.5. The zero-order chi connectivity index (χ0) is 18.7. The van der Waals surface area contributed by atoms with E-state index in [1.807, 2.05) is 0 Å². The lowest BCUT2D eigenvalue weighted by Gasteiger charge is -2.23. The molecule has 1 saturated heterocycles. The Labute approximate surface area is 149 Å². The summed E-state index contributed by atoms with van der Waals surface area (Å²) in [6, 6.07) is 4.61. The van der Waals surface area contributed by atoms with Crippen LogP contribution < -0.4 is 5.32 Å². The van der Waals surface area contributed by atoms with Gasteiger partial charge in [0.25, 0.3) is 0 Å². The number of hydrogen-bond donors (Lipinski definition) is 3. The van der Waals surface area contributed by atoms with Gasteiger partial charge in [-0.1, -0.05) is 17.7 Å². The van der Waals surface area contributed by atoms with Gasteiger partial charge in [-0.05, 0) is 12.1 Å². The quantitative estimate of drug-likeness (QED) is 0.650. The van der Waals surface area contributed by atoms with Crippen molar-refractivity contribution in [2.24, 2.45) is 0 Å². The van der Waals surface area contributed by atoms with Crippen molar-refractivity contribution >= 4 is 23.5 Å². The normalized spacial score (nSPS) is 17.0. The standard InChI is InChI=1S/C12H15ClFNO2.C4H4O4/c13-11-2-1-3-12(14)10(11)8-16-7-9-6-15-4-5-17-9;5-3(6)1-2-4(7)8/h1-3,9,15H,4-8H2;1-2H,(H,5,6)(H,7,8). The lowest BCUT2D eigenvalue weighted by atomic mass is 10.2. The van der Waals surface area contributed by atoms with Gasteiger partial charge in [0.15, 0.2) is 0 Å². The van der Waals surface area contributed by atoms with E-state index in [9.17, 15) is 14.0 Å². The highest BCUT2D eigenvalue weighted by Gasteiger charge is 2.14. The van der Waals surface area contributed by atoms with E-state index in [0.29, 0.717) is 36.0 Å². The van der Waals surface area contributed by atoms with Gasteiger partial charge < -0.3 is 25.0 Å². The van der Waals surface area contributed by atoms with Crippen LogP contribution in [0.15, 0.2) is 30.4 Å². The number of benzene rings is 1. The van der Waals surface area contributed by atoms with Crippen LogP contribution in [0.4, 0.5) is 4.39 Å². The molecule has 1 unspecified atom stereocenters. The van der Waals surface area contributed by atoms with Crippen LogP contribution in [0.3, 0.4) is 0 Å². The number of carboxylic acids is 2. The molecule has 3 N–H and O–H groups in total. The molecule has 0 radical (unpaired) electrons. The molecular formula is C16H19ClFNO6. The first kappa shape index (κ1) is 21.0. The van der Waals surface area contributed by atoms with Crippen LogP contribution in [0, 0.1) is 5.82 Å². The largest absolute Gasteiger partial charge is 0.478 e. The Hall–Kier alpha value is -2.00. The molecule has 1 heterocycles. The molecule has 1 aliphatic rings. The average molecular weight is 376 g/mol. The Balaban J connectivity index is 0.000000333. The van der Waals surface area contributed by atoms with Gasteiger partial charge in [-0.2, -0.15) is 0 Å². The first-order chi connectivity index (χ1) is 11.9. The van der Waals surface area contributed by atoms with Crippen molar-refractivity contribution in [1.82, 2.24) is 5.32 Å². The number of hydrogen-bond acceptors (Lipinski definition) is 5. The Morgan fingerprint density at radius 1 is 1.36 bits per heavy atom. The van der Waals surface area contributed by atoms with Crippen LogP contribution in [0.25, 0.3) is 0 Å². The highest BCUT2D eigenvalue weighted by molar-refractivity contribution is 6.31. The molecule has 0 bridgehead atoms. The first-order valence-electron chi connectivity index (χ1n) is 7.37. The smallest absolute Gasteiger partial charge is 0.328 e. The molecule has 138 valence electrons. The summed E-state index contributed by atoms with van der Waals surface area (Å²) in [6.07, 6.45) is 1.15. The molecule has 0 aromatic heterocycles. The fourth-order valence-corrected chi connectivity index (χ4v) is 2.05. The molecule has 1 aromatic rings. The van der Waals surface area contributed by atoms with Gasteiger partial charge in [-0.25, -0.2) is 14.0 Å². The van der Waals surface area contributed by atoms with Crippen molar-refractivity contribution in [3.63, 3.8) is 0 Å². The Bertz CT molecular complexity index is 568. The van der Waals surface area contributed by atoms with Gasteiger partial charge >= 0.3 is 11.9 Å². The van der Waals surface area contributed by atoms with Crippen LogP contribution in [0.2, 0.25) is 5.02 Å². The molecule has 0 spiro atoms. The maximum absolute atomic E-state index is 13.4. The zero-order valence-electron chi connectivity index (χ0n) is 13.3. The van der Waals surface area contributed by atoms with Gasteiger partial charge in [0.05, 0.1) is 25.9 Å². The molecule has 1 fully saturated rings. The van der Waals surface area contributed by atoms with Gasteiger partial charge in [0, 0.05) is 35.8 Å². The minimum atomic E-state index is -1.26. The van der Waals surface area contributed by atoms with E-state index in [0.717, 1.165) is 13.1 Å². The number of rotatable bonds is 6. The third-order valence-electron chi connectivity index (χ3n) is 2.98. The highest BCUT2D eigenvalue weighted by atomic mass is 35.5. The second-order valence-corrected chi connectivity index (χ2v) is 5.33. The molecule has 25 heavy (non-hydrogen) atoms. The molecule has 1 aromatic carbocycles. The minimum Gasteiger partial charge on any atom is -0.478 e. The van der Waals surface area contributed by atoms with E-state index in [1.165, 1.54) is 6.07 Å². The molecule has 1 atom stereocenters. The monoisotopic (exact) mass is 375 g/mol. The number of nitrogens with one attached hydrogen (secondary N) is 1. The predicted molar refractivity (Wildman–Crippen MR) is 88.1 cm³/mol. The lowest BCUT2D eigenvalue weighted by Crippen LogP contribution is -2.40. The van der Waals surface area contributed by atoms with E-state index >= 15 is 0 Å². The van der Waals surface area contributed by atoms with E-state index in [1.54, 1.807) is 12.1 Å². The molecule has 2 rings (SSSR count). The van der Waals surface area contributed by atoms with Crippen LogP contribution in [0.1, 0.15) is 5.56 Å². The van der Waals surface area contributed by atoms with Gasteiger partial charge in [0.2, 0.25) is 0 Å². The molecule has 1 aliphatic heterocycles. The summed E-state index contributed by atoms with van der Waals surface area (Å²) in [5.41, 5.74) is 0.401. The number of ether oxygens (including phenoxy) is 2. The van der Waals surface area contributed by atoms with Gasteiger partial charge in [0.1, 0.15) is 5.82 Å². The summed E-state index contributed by atoms with van der Waals surface area (Å²) >= 11 is 5.89. The molecule has 9 heteroatoms. The summed E-state index contributed by atoms with van der Waals surface area (Å²) in [6.45, 7) is 2.94. The van der Waals surface area contributed by atoms with E-state index in [4.69, 9.17) is 31.3 Å². The topological polar surface area (TPSA) is 105 Å². The molecule has 7 nitrogen and oxygen atoms in total. The molecular weight excluding hydrogens is 357 g/mol. The molecule has 0 aliphatic carbocycles. The van der Waals surface area contributed by atoms with E-state index in [2.05, 4.69) is 5.32 Å². The third kappa shape index (κ3) is 9.16. The van der Waals surface area contributed by atoms with E-state index in [-0.39, 0.29) is 18.5 Å². The average Bonchev–Trinajstić information content (AvgIpc) is 2.57. The second-order valence-electron chi connectivity index (χ2n) is 4.92. The zero-order valence-corrected chi connectivity index (χ0v) is 14.0. The van der Waals surface area contributed by atoms with Crippen LogP contribution in [-0.4, -0.2) is 54.6 Å². The maximum atomic E-state index is 13.4. The SMILES string of the molecule is Fc1cccc(Cl)c1COCC1CNCCO1.O=C(O)C=CC(=O)O. The Morgan fingerprint density at radius 3 is 2.56 bits per heavy atom. The summed E-state index contributed by atoms with van der Waals surface area (Å²) < 4.78 is 24.3. The maximum Gasteiger partial charge on any atom is 0.328 e. The van der Waals surface area contributed by atoms with Crippen molar-refractivity contribution in [2.75, 3.05) is 26.3 Å². The predicted octanol–water partition coefficient (Wildman–Crippen LogP) is 1.70. The lowest BCUT2D eigenvalue weighted by molar-refractivity contribution is -0.134. The Morgan fingerprint density at radius 2 is 2.04 bits per heavy atom. The van der Waals surface area contributed by atoms with Crippen molar-refractivity contribution < 1.29 is 33.7 Å². The van der Waals surface area contributed by atoms with Crippen molar-refractivity contribution in [2.45, 2.75) is 12.7 Å². The number of halogens is 2. The minimum absolute atomic E-state index is 0.0364. The first-order valence-corrected chi connectivity index (χ1v) is 7.74. The molecule has 0 amide bonds. The summed E-state index contributed by atoms with van der Waals surface area (Å²) in [5, 5.41) is 19.2. The molecule has 0 saturated carbocycles. The summed E-state index contributed by atoms with van der Waals surface area (Å²) in [5.74, 6) is -2.85. The van der Waals surface area contributed by atoms with Crippen molar-refractivity contribution in [3.8, 4) is 0 Å². The highest BCUT2D eigenvalue weighted by Crippen LogP contribution is 2.19. The Kier molecular flexibility index (Phi) is 9.71. The van der Waals surface area contributed by atoms with Crippen molar-refractivity contribution in [1.29, 1.82) is 0 Å². The fraction of sp³-hybridized carbons (Fsp3) is 0.375. The third-order valence-corrected chi connectivity index (χ3v) is 3.34. The summed E-state index contributed by atoms with van der Waals surface area (Å²) in [7, 11) is 0. The van der Waals surface area contributed by atoms with Gasteiger partial charge in [-0.15, -0.1) is 0 Å². The van der Waals surface area contributed by atoms with Crippen LogP contribution >= 0.6 is 11.6 Å². The number of morpholine rings is 1. The van der Waals surface area contributed by atoms with Gasteiger partial charge in [-0.3, -0.25) is 0 Å². The van der Waals surface area contributed by atoms with Crippen LogP contribution in [-0.2, 0) is 25.7 Å². The number of aliphatic carboxylic acids is 2. The summed E-state index contributed by atoms with van der Waals surface area (Å²) in [4.78, 5) is 19.1. The number of carbonyl (C=O) groups is 2. The van der Waals surface area contributed by atoms with Crippen LogP contribution in [0.5, 0.6) is 0 Å². The fourth-order valence-electron chi connectivity index (χ4n) is 1.83. The van der Waals surface area contributed by atoms with Crippen molar-refractivity contribution in [3.05, 3.63) is 46.8 Å².